The lowest BCUT2D eigenvalue weighted by atomic mass is 9.74. The minimum absolute atomic E-state index is 0.206. The number of alkyl halides is 3. The summed E-state index contributed by atoms with van der Waals surface area (Å²) in [6.45, 7) is 1.82. The van der Waals surface area contributed by atoms with Crippen LogP contribution in [0.15, 0.2) is 42.5 Å². The molecule has 32 heavy (non-hydrogen) atoms. The van der Waals surface area contributed by atoms with E-state index in [0.717, 1.165) is 12.1 Å². The molecule has 1 N–H and O–H groups in total. The summed E-state index contributed by atoms with van der Waals surface area (Å²) in [5.74, 6) is -0.789. The van der Waals surface area contributed by atoms with E-state index in [4.69, 9.17) is 4.74 Å². The van der Waals surface area contributed by atoms with E-state index in [1.807, 2.05) is 0 Å². The van der Waals surface area contributed by atoms with E-state index in [-0.39, 0.29) is 23.8 Å². The Morgan fingerprint density at radius 1 is 1.09 bits per heavy atom. The molecule has 0 bridgehead atoms. The number of nitrogens with zero attached hydrogens (tertiary/aromatic N) is 2. The number of anilines is 2. The zero-order chi connectivity index (χ0) is 23.9. The van der Waals surface area contributed by atoms with E-state index in [2.05, 4.69) is 0 Å². The van der Waals surface area contributed by atoms with Crippen molar-refractivity contribution in [3.8, 4) is 5.75 Å². The topological polar surface area (TPSA) is 53.0 Å². The Morgan fingerprint density at radius 2 is 1.72 bits per heavy atom. The smallest absolute Gasteiger partial charge is 0.418 e. The summed E-state index contributed by atoms with van der Waals surface area (Å²) in [7, 11) is 2.89. The number of fused-ring (bicyclic) bond motifs is 1. The molecule has 0 aromatic heterocycles. The minimum atomic E-state index is -5.01. The van der Waals surface area contributed by atoms with Crippen LogP contribution in [-0.2, 0) is 10.2 Å². The van der Waals surface area contributed by atoms with Gasteiger partial charge < -0.3 is 19.6 Å². The number of likely N-dealkylation sites (N-methyl/N-ethyl adjacent to an activating group) is 1. The average Bonchev–Trinajstić information content (AvgIpc) is 2.70. The molecule has 5 nitrogen and oxygen atoms in total. The van der Waals surface area contributed by atoms with Crippen molar-refractivity contribution in [1.82, 2.24) is 0 Å². The first kappa shape index (κ1) is 23.8. The van der Waals surface area contributed by atoms with Gasteiger partial charge in [0.05, 0.1) is 31.6 Å². The van der Waals surface area contributed by atoms with Crippen molar-refractivity contribution in [2.24, 2.45) is 0 Å². The van der Waals surface area contributed by atoms with Crippen LogP contribution in [0.1, 0.15) is 25.8 Å². The molecule has 0 saturated heterocycles. The summed E-state index contributed by atoms with van der Waals surface area (Å²) in [4.78, 5) is 15.0. The molecule has 0 spiro atoms. The van der Waals surface area contributed by atoms with E-state index in [1.165, 1.54) is 36.8 Å². The normalized spacial score (nSPS) is 16.6. The molecule has 3 rings (SSSR count). The summed E-state index contributed by atoms with van der Waals surface area (Å²) in [6, 6.07) is 10.2. The highest BCUT2D eigenvalue weighted by Gasteiger charge is 2.57. The van der Waals surface area contributed by atoms with E-state index in [0.29, 0.717) is 11.4 Å². The number of benzene rings is 2. The first-order valence-electron chi connectivity index (χ1n) is 10.0. The van der Waals surface area contributed by atoms with Crippen LogP contribution in [-0.4, -0.2) is 50.0 Å². The van der Waals surface area contributed by atoms with E-state index in [1.54, 1.807) is 31.3 Å². The number of β-amino-alcohol motifs (C(OH)–C–C–N with tert-alkyl or cyclic N) is 1. The number of halogens is 4. The third-order valence-corrected chi connectivity index (χ3v) is 5.89. The van der Waals surface area contributed by atoms with Gasteiger partial charge in [0.2, 0.25) is 5.91 Å². The van der Waals surface area contributed by atoms with Gasteiger partial charge in [0.1, 0.15) is 11.6 Å². The average molecular weight is 454 g/mol. The molecule has 0 fully saturated rings. The van der Waals surface area contributed by atoms with E-state index < -0.39 is 36.0 Å². The van der Waals surface area contributed by atoms with Gasteiger partial charge in [0, 0.05) is 12.6 Å². The Balaban J connectivity index is 2.01. The molecule has 1 amide bonds. The van der Waals surface area contributed by atoms with Crippen LogP contribution in [0.3, 0.4) is 0 Å². The molecule has 1 unspecified atom stereocenters. The van der Waals surface area contributed by atoms with Crippen molar-refractivity contribution in [3.63, 3.8) is 0 Å². The van der Waals surface area contributed by atoms with Crippen molar-refractivity contribution in [2.45, 2.75) is 37.5 Å². The first-order valence-corrected chi connectivity index (χ1v) is 10.0. The Kier molecular flexibility index (Phi) is 6.16. The van der Waals surface area contributed by atoms with Crippen LogP contribution >= 0.6 is 0 Å². The number of carbonyl (C=O) groups is 1. The number of amides is 1. The molecule has 174 valence electrons. The number of hydrogen-bond acceptors (Lipinski definition) is 4. The molecule has 1 heterocycles. The molecular weight excluding hydrogens is 428 g/mol. The van der Waals surface area contributed by atoms with Gasteiger partial charge >= 0.3 is 6.18 Å². The van der Waals surface area contributed by atoms with Gasteiger partial charge in [-0.1, -0.05) is 26.0 Å². The molecular formula is C23H26F4N2O3. The van der Waals surface area contributed by atoms with Gasteiger partial charge in [-0.15, -0.1) is 0 Å². The maximum absolute atomic E-state index is 14.2. The zero-order valence-corrected chi connectivity index (χ0v) is 18.3. The fourth-order valence-electron chi connectivity index (χ4n) is 4.24. The lowest BCUT2D eigenvalue weighted by Gasteiger charge is -2.43. The maximum atomic E-state index is 14.2. The Labute approximate surface area is 184 Å². The third kappa shape index (κ3) is 4.39. The lowest BCUT2D eigenvalue weighted by Crippen LogP contribution is -2.58. The van der Waals surface area contributed by atoms with Gasteiger partial charge in [-0.25, -0.2) is 4.39 Å². The maximum Gasteiger partial charge on any atom is 0.418 e. The fourth-order valence-corrected chi connectivity index (χ4v) is 4.24. The lowest BCUT2D eigenvalue weighted by molar-refractivity contribution is -0.262. The van der Waals surface area contributed by atoms with Crippen molar-refractivity contribution in [2.75, 3.05) is 37.0 Å². The van der Waals surface area contributed by atoms with Crippen LogP contribution in [0.4, 0.5) is 28.9 Å². The quantitative estimate of drug-likeness (QED) is 0.663. The molecule has 0 radical (unpaired) electrons. The Bertz CT molecular complexity index is 1010. The number of methoxy groups -OCH3 is 1. The second kappa shape index (κ2) is 8.27. The number of rotatable bonds is 6. The largest absolute Gasteiger partial charge is 0.496 e. The standard InChI is InChI=1S/C23H26F4N2O3/c1-21(2,16-11-15(24)9-10-19(16)32-4)13-22(31,23(25,26)27)14-29-12-20(30)28(3)17-7-5-6-8-18(17)29/h5-11,31H,12-14H2,1-4H3. The fraction of sp³-hybridized carbons (Fsp3) is 0.435. The van der Waals surface area contributed by atoms with E-state index in [9.17, 15) is 27.5 Å². The molecule has 2 aromatic rings. The van der Waals surface area contributed by atoms with Crippen LogP contribution in [0.5, 0.6) is 5.75 Å². The summed E-state index contributed by atoms with van der Waals surface area (Å²) in [5.41, 5.74) is -3.42. The highest BCUT2D eigenvalue weighted by Crippen LogP contribution is 2.45. The summed E-state index contributed by atoms with van der Waals surface area (Å²) in [5, 5.41) is 11.0. The highest BCUT2D eigenvalue weighted by molar-refractivity contribution is 6.02. The molecule has 2 aromatic carbocycles. The molecule has 9 heteroatoms. The molecule has 1 atom stereocenters. The summed E-state index contributed by atoms with van der Waals surface area (Å²) < 4.78 is 61.8. The van der Waals surface area contributed by atoms with Crippen LogP contribution < -0.4 is 14.5 Å². The zero-order valence-electron chi connectivity index (χ0n) is 18.3. The number of aliphatic hydroxyl groups is 1. The third-order valence-electron chi connectivity index (χ3n) is 5.89. The molecule has 0 saturated carbocycles. The Morgan fingerprint density at radius 3 is 2.31 bits per heavy atom. The van der Waals surface area contributed by atoms with Crippen molar-refractivity contribution in [1.29, 1.82) is 0 Å². The van der Waals surface area contributed by atoms with Crippen molar-refractivity contribution in [3.05, 3.63) is 53.8 Å². The number of para-hydroxylation sites is 2. The van der Waals surface area contributed by atoms with Crippen LogP contribution in [0, 0.1) is 5.82 Å². The summed E-state index contributed by atoms with van der Waals surface area (Å²) >= 11 is 0. The van der Waals surface area contributed by atoms with Crippen molar-refractivity contribution < 1.29 is 32.2 Å². The van der Waals surface area contributed by atoms with Gasteiger partial charge in [-0.2, -0.15) is 13.2 Å². The van der Waals surface area contributed by atoms with Gasteiger partial charge in [0.15, 0.2) is 5.60 Å². The predicted octanol–water partition coefficient (Wildman–Crippen LogP) is 4.28. The first-order chi connectivity index (χ1) is 14.8. The number of carbonyl (C=O) groups excluding carboxylic acids is 1. The molecule has 1 aliphatic rings. The van der Waals surface area contributed by atoms with Crippen LogP contribution in [0.25, 0.3) is 0 Å². The second-order valence-electron chi connectivity index (χ2n) is 8.73. The van der Waals surface area contributed by atoms with E-state index >= 15 is 0 Å². The molecule has 0 aliphatic carbocycles. The Hall–Kier alpha value is -2.81. The SMILES string of the molecule is COc1ccc(F)cc1C(C)(C)CC(O)(CN1CC(=O)N(C)c2ccccc21)C(F)(F)F. The number of hydrogen-bond donors (Lipinski definition) is 1. The molecule has 1 aliphatic heterocycles. The van der Waals surface area contributed by atoms with Crippen LogP contribution in [0.2, 0.25) is 0 Å². The van der Waals surface area contributed by atoms with Gasteiger partial charge in [0.25, 0.3) is 0 Å². The summed E-state index contributed by atoms with van der Waals surface area (Å²) in [6.07, 6.45) is -5.78. The highest BCUT2D eigenvalue weighted by atomic mass is 19.4. The van der Waals surface area contributed by atoms with Gasteiger partial charge in [-0.05, 0) is 42.2 Å². The minimum Gasteiger partial charge on any atom is -0.496 e. The monoisotopic (exact) mass is 454 g/mol. The van der Waals surface area contributed by atoms with Crippen molar-refractivity contribution >= 4 is 17.3 Å². The number of ether oxygens (including phenoxy) is 1. The second-order valence-corrected chi connectivity index (χ2v) is 8.73. The van der Waals surface area contributed by atoms with Gasteiger partial charge in [-0.3, -0.25) is 4.79 Å². The predicted molar refractivity (Wildman–Crippen MR) is 114 cm³/mol.